The number of rotatable bonds is 13. The van der Waals surface area contributed by atoms with Crippen molar-refractivity contribution in [1.29, 1.82) is 0 Å². The Hall–Kier alpha value is -3.61. The zero-order chi connectivity index (χ0) is 33.3. The highest BCUT2D eigenvalue weighted by Gasteiger charge is 2.50. The minimum Gasteiger partial charge on any atom is -0.420 e. The molecule has 2 aromatic carbocycles. The Bertz CT molecular complexity index is 1320. The van der Waals surface area contributed by atoms with Crippen LogP contribution in [0.15, 0.2) is 54.6 Å². The minimum atomic E-state index is -1.68. The van der Waals surface area contributed by atoms with Gasteiger partial charge in [-0.25, -0.2) is 4.79 Å². The van der Waals surface area contributed by atoms with Crippen LogP contribution in [0, 0.1) is 12.8 Å². The predicted octanol–water partition coefficient (Wildman–Crippen LogP) is 3.12. The Morgan fingerprint density at radius 2 is 1.67 bits per heavy atom. The highest BCUT2D eigenvalue weighted by Crippen LogP contribution is 2.40. The first-order valence-corrected chi connectivity index (χ1v) is 16.0. The Morgan fingerprint density at radius 1 is 1.02 bits per heavy atom. The summed E-state index contributed by atoms with van der Waals surface area (Å²) in [5.74, 6) is -1.75. The molecule has 2 aromatic rings. The smallest absolute Gasteiger partial charge is 0.410 e. The van der Waals surface area contributed by atoms with E-state index in [4.69, 9.17) is 9.47 Å². The van der Waals surface area contributed by atoms with Gasteiger partial charge in [-0.1, -0.05) is 68.4 Å². The molecule has 12 heteroatoms. The monoisotopic (exact) mass is 642 g/mol. The second kappa shape index (κ2) is 16.1. The highest BCUT2D eigenvalue weighted by atomic mass is 32.2. The number of benzene rings is 2. The summed E-state index contributed by atoms with van der Waals surface area (Å²) in [5, 5.41) is 19.9. The van der Waals surface area contributed by atoms with E-state index >= 15 is 0 Å². The van der Waals surface area contributed by atoms with Crippen molar-refractivity contribution in [2.75, 3.05) is 13.0 Å². The standard InChI is InChI=1S/C33H46N4O7S/c1-20(2)26(36-32(42)44-22(4)43-7)29(39)35-25(17-23-14-9-8-10-15-23)27(38)31(41)37-19-45-33(5,6)28(37)30(40)34-18-24-16-12-11-13-21(24)3/h8-16,20,22,25-28,38H,17-19H2,1-7H3,(H,34,40)(H,35,39)(H,36,42)/t22-,25-,26?,27-,28+/m0/s1. The Balaban J connectivity index is 1.82. The molecule has 1 aliphatic rings. The lowest BCUT2D eigenvalue weighted by atomic mass is 9.96. The summed E-state index contributed by atoms with van der Waals surface area (Å²) in [5.41, 5.74) is 2.78. The first-order valence-electron chi connectivity index (χ1n) is 15.0. The van der Waals surface area contributed by atoms with Gasteiger partial charge in [-0.2, -0.15) is 0 Å². The number of nitrogens with one attached hydrogen (secondary N) is 3. The molecule has 1 heterocycles. The summed E-state index contributed by atoms with van der Waals surface area (Å²) in [6.45, 7) is 11.1. The summed E-state index contributed by atoms with van der Waals surface area (Å²) in [6.07, 6.45) is -3.21. The van der Waals surface area contributed by atoms with Crippen LogP contribution in [0.1, 0.15) is 51.3 Å². The van der Waals surface area contributed by atoms with Gasteiger partial charge in [0.25, 0.3) is 5.91 Å². The van der Waals surface area contributed by atoms with Gasteiger partial charge < -0.3 is 35.4 Å². The number of hydrogen-bond donors (Lipinski definition) is 4. The SMILES string of the molecule is CO[C@H](C)OC(=O)NC(C(=O)N[C@@H](Cc1ccccc1)[C@H](O)C(=O)N1CSC(C)(C)[C@H]1C(=O)NCc1ccccc1C)C(C)C. The lowest BCUT2D eigenvalue weighted by Gasteiger charge is -2.34. The van der Waals surface area contributed by atoms with Crippen molar-refractivity contribution in [3.8, 4) is 0 Å². The first kappa shape index (κ1) is 35.9. The van der Waals surface area contributed by atoms with Crippen LogP contribution in [0.25, 0.3) is 0 Å². The maximum Gasteiger partial charge on any atom is 0.410 e. The molecule has 1 saturated heterocycles. The van der Waals surface area contributed by atoms with E-state index in [2.05, 4.69) is 16.0 Å². The van der Waals surface area contributed by atoms with Gasteiger partial charge in [0, 0.05) is 18.4 Å². The molecule has 1 aliphatic heterocycles. The molecule has 0 spiro atoms. The van der Waals surface area contributed by atoms with Crippen LogP contribution in [0.5, 0.6) is 0 Å². The van der Waals surface area contributed by atoms with Gasteiger partial charge >= 0.3 is 6.09 Å². The summed E-state index contributed by atoms with van der Waals surface area (Å²) < 4.78 is 9.42. The van der Waals surface area contributed by atoms with Crippen molar-refractivity contribution in [1.82, 2.24) is 20.9 Å². The molecule has 0 radical (unpaired) electrons. The molecule has 45 heavy (non-hydrogen) atoms. The number of carbonyl (C=O) groups excluding carboxylic acids is 4. The average molecular weight is 643 g/mol. The van der Waals surface area contributed by atoms with Gasteiger partial charge in [0.2, 0.25) is 18.1 Å². The summed E-state index contributed by atoms with van der Waals surface area (Å²) in [7, 11) is 1.38. The highest BCUT2D eigenvalue weighted by molar-refractivity contribution is 8.00. The molecule has 1 unspecified atom stereocenters. The molecular weight excluding hydrogens is 596 g/mol. The third-order valence-corrected chi connectivity index (χ3v) is 9.25. The molecule has 3 rings (SSSR count). The molecule has 4 amide bonds. The van der Waals surface area contributed by atoms with E-state index in [1.807, 2.05) is 75.4 Å². The predicted molar refractivity (Wildman–Crippen MR) is 173 cm³/mol. The largest absolute Gasteiger partial charge is 0.420 e. The van der Waals surface area contributed by atoms with Crippen molar-refractivity contribution < 1.29 is 33.8 Å². The summed E-state index contributed by atoms with van der Waals surface area (Å²) >= 11 is 1.44. The average Bonchev–Trinajstić information content (AvgIpc) is 3.33. The lowest BCUT2D eigenvalue weighted by Crippen LogP contribution is -2.60. The Morgan fingerprint density at radius 3 is 2.29 bits per heavy atom. The zero-order valence-corrected chi connectivity index (χ0v) is 27.9. The van der Waals surface area contributed by atoms with Crippen molar-refractivity contribution >= 4 is 35.6 Å². The van der Waals surface area contributed by atoms with Gasteiger partial charge in [-0.15, -0.1) is 11.8 Å². The van der Waals surface area contributed by atoms with E-state index in [9.17, 15) is 24.3 Å². The van der Waals surface area contributed by atoms with E-state index in [0.717, 1.165) is 16.7 Å². The fourth-order valence-corrected chi connectivity index (χ4v) is 6.26. The fourth-order valence-electron chi connectivity index (χ4n) is 5.12. The molecule has 5 atom stereocenters. The minimum absolute atomic E-state index is 0.129. The van der Waals surface area contributed by atoms with Gasteiger partial charge in [0.05, 0.1) is 11.9 Å². The number of alkyl carbamates (subject to hydrolysis) is 1. The van der Waals surface area contributed by atoms with Gasteiger partial charge in [0.15, 0.2) is 6.10 Å². The second-order valence-corrected chi connectivity index (χ2v) is 13.7. The second-order valence-electron chi connectivity index (χ2n) is 12.1. The molecule has 0 aromatic heterocycles. The molecule has 0 bridgehead atoms. The van der Waals surface area contributed by atoms with E-state index in [0.29, 0.717) is 6.54 Å². The molecule has 1 fully saturated rings. The number of amides is 4. The molecule has 0 saturated carbocycles. The number of aliphatic hydroxyl groups is 1. The van der Waals surface area contributed by atoms with Crippen LogP contribution in [0.2, 0.25) is 0 Å². The van der Waals surface area contributed by atoms with Crippen LogP contribution in [0.3, 0.4) is 0 Å². The molecular formula is C33H46N4O7S. The number of carbonyl (C=O) groups is 4. The van der Waals surface area contributed by atoms with Gasteiger partial charge in [-0.05, 0) is 56.7 Å². The normalized spacial score (nSPS) is 18.4. The van der Waals surface area contributed by atoms with E-state index in [1.165, 1.54) is 30.7 Å². The van der Waals surface area contributed by atoms with Crippen molar-refractivity contribution in [2.45, 2.75) is 89.8 Å². The van der Waals surface area contributed by atoms with Crippen LogP contribution >= 0.6 is 11.8 Å². The van der Waals surface area contributed by atoms with Crippen LogP contribution < -0.4 is 16.0 Å². The quantitative estimate of drug-likeness (QED) is 0.244. The van der Waals surface area contributed by atoms with Gasteiger partial charge in [-0.3, -0.25) is 14.4 Å². The number of nitrogens with zero attached hydrogens (tertiary/aromatic N) is 1. The Labute approximate surface area is 269 Å². The molecule has 11 nitrogen and oxygen atoms in total. The summed E-state index contributed by atoms with van der Waals surface area (Å²) in [4.78, 5) is 54.8. The van der Waals surface area contributed by atoms with Crippen LogP contribution in [-0.4, -0.2) is 82.1 Å². The molecule has 0 aliphatic carbocycles. The van der Waals surface area contributed by atoms with E-state index in [1.54, 1.807) is 13.8 Å². The Kier molecular flexibility index (Phi) is 12.8. The third kappa shape index (κ3) is 9.69. The van der Waals surface area contributed by atoms with Crippen LogP contribution in [0.4, 0.5) is 4.79 Å². The zero-order valence-electron chi connectivity index (χ0n) is 27.0. The third-order valence-electron chi connectivity index (χ3n) is 7.88. The van der Waals surface area contributed by atoms with Crippen LogP contribution in [-0.2, 0) is 36.8 Å². The number of ether oxygens (including phenoxy) is 2. The first-order chi connectivity index (χ1) is 21.2. The van der Waals surface area contributed by atoms with E-state index in [-0.39, 0.29) is 24.1 Å². The lowest BCUT2D eigenvalue weighted by molar-refractivity contribution is -0.148. The number of aliphatic hydroxyl groups excluding tert-OH is 1. The fraction of sp³-hybridized carbons (Fsp3) is 0.515. The topological polar surface area (TPSA) is 146 Å². The number of hydrogen-bond acceptors (Lipinski definition) is 8. The van der Waals surface area contributed by atoms with E-state index < -0.39 is 53.2 Å². The molecule has 4 N–H and O–H groups in total. The summed E-state index contributed by atoms with van der Waals surface area (Å²) in [6, 6.07) is 13.9. The number of aryl methyl sites for hydroxylation is 1. The van der Waals surface area contributed by atoms with Crippen molar-refractivity contribution in [2.24, 2.45) is 5.92 Å². The number of thioether (sulfide) groups is 1. The number of methoxy groups -OCH3 is 1. The van der Waals surface area contributed by atoms with Gasteiger partial charge in [0.1, 0.15) is 12.1 Å². The molecule has 246 valence electrons. The van der Waals surface area contributed by atoms with Crippen molar-refractivity contribution in [3.63, 3.8) is 0 Å². The van der Waals surface area contributed by atoms with Crippen molar-refractivity contribution in [3.05, 3.63) is 71.3 Å². The maximum atomic E-state index is 14.0. The maximum absolute atomic E-state index is 14.0.